The number of aliphatic hydroxyl groups is 1. The molecule has 1 aliphatic heterocycles. The molecule has 0 bridgehead atoms. The molecule has 1 fully saturated rings. The van der Waals surface area contributed by atoms with Crippen LogP contribution >= 0.6 is 0 Å². The fourth-order valence-electron chi connectivity index (χ4n) is 1.65. The van der Waals surface area contributed by atoms with Crippen molar-refractivity contribution in [2.75, 3.05) is 13.2 Å². The summed E-state index contributed by atoms with van der Waals surface area (Å²) in [4.78, 5) is 0. The van der Waals surface area contributed by atoms with E-state index in [9.17, 15) is 5.11 Å². The van der Waals surface area contributed by atoms with Crippen molar-refractivity contribution in [1.29, 1.82) is 0 Å². The minimum atomic E-state index is -0.655. The maximum atomic E-state index is 9.81. The van der Waals surface area contributed by atoms with Crippen LogP contribution in [-0.2, 0) is 4.74 Å². The van der Waals surface area contributed by atoms with Crippen molar-refractivity contribution in [2.45, 2.75) is 51.8 Å². The van der Waals surface area contributed by atoms with Gasteiger partial charge in [-0.2, -0.15) is 0 Å². The van der Waals surface area contributed by atoms with Crippen molar-refractivity contribution in [3.63, 3.8) is 0 Å². The van der Waals surface area contributed by atoms with E-state index in [1.807, 2.05) is 20.8 Å². The van der Waals surface area contributed by atoms with Crippen LogP contribution in [0, 0.1) is 5.92 Å². The van der Waals surface area contributed by atoms with Crippen LogP contribution in [0.2, 0.25) is 0 Å². The molecule has 0 radical (unpaired) electrons. The van der Waals surface area contributed by atoms with E-state index in [2.05, 4.69) is 12.2 Å². The monoisotopic (exact) mass is 201 g/mol. The van der Waals surface area contributed by atoms with Gasteiger partial charge in [-0.1, -0.05) is 6.92 Å². The molecule has 2 N–H and O–H groups in total. The number of rotatable bonds is 3. The first-order valence-electron chi connectivity index (χ1n) is 5.47. The molecule has 0 aromatic carbocycles. The quantitative estimate of drug-likeness (QED) is 0.720. The van der Waals surface area contributed by atoms with Crippen molar-refractivity contribution < 1.29 is 9.84 Å². The Hall–Kier alpha value is -0.120. The van der Waals surface area contributed by atoms with Gasteiger partial charge in [0.2, 0.25) is 0 Å². The van der Waals surface area contributed by atoms with Crippen molar-refractivity contribution in [3.05, 3.63) is 0 Å². The van der Waals surface area contributed by atoms with E-state index >= 15 is 0 Å². The van der Waals surface area contributed by atoms with Crippen LogP contribution in [0.5, 0.6) is 0 Å². The summed E-state index contributed by atoms with van der Waals surface area (Å²) in [5, 5.41) is 13.3. The topological polar surface area (TPSA) is 41.5 Å². The molecule has 0 aromatic heterocycles. The third-order valence-electron chi connectivity index (χ3n) is 3.16. The zero-order chi connectivity index (χ0) is 10.8. The van der Waals surface area contributed by atoms with E-state index in [0.717, 1.165) is 19.6 Å². The van der Waals surface area contributed by atoms with Crippen LogP contribution in [-0.4, -0.2) is 36.0 Å². The van der Waals surface area contributed by atoms with Gasteiger partial charge in [-0.3, -0.25) is 0 Å². The van der Waals surface area contributed by atoms with E-state index in [4.69, 9.17) is 4.74 Å². The fraction of sp³-hybridized carbons (Fsp3) is 1.00. The van der Waals surface area contributed by atoms with Gasteiger partial charge in [0.25, 0.3) is 0 Å². The van der Waals surface area contributed by atoms with Gasteiger partial charge >= 0.3 is 0 Å². The minimum absolute atomic E-state index is 0.119. The molecular weight excluding hydrogens is 178 g/mol. The molecule has 1 rings (SSSR count). The lowest BCUT2D eigenvalue weighted by atomic mass is 9.93. The summed E-state index contributed by atoms with van der Waals surface area (Å²) in [5.74, 6) is 0.536. The normalized spacial score (nSPS) is 31.5. The van der Waals surface area contributed by atoms with Crippen molar-refractivity contribution in [2.24, 2.45) is 5.92 Å². The molecular formula is C11H23NO2. The predicted molar refractivity (Wildman–Crippen MR) is 57.3 cm³/mol. The molecule has 3 heteroatoms. The Labute approximate surface area is 86.8 Å². The third-order valence-corrected chi connectivity index (χ3v) is 3.16. The minimum Gasteiger partial charge on any atom is -0.389 e. The van der Waals surface area contributed by atoms with Crippen LogP contribution in [0.1, 0.15) is 34.1 Å². The van der Waals surface area contributed by atoms with Crippen LogP contribution in [0.4, 0.5) is 0 Å². The van der Waals surface area contributed by atoms with E-state index < -0.39 is 5.60 Å². The molecule has 3 atom stereocenters. The highest BCUT2D eigenvalue weighted by Crippen LogP contribution is 2.17. The summed E-state index contributed by atoms with van der Waals surface area (Å²) in [6.45, 7) is 9.57. The Balaban J connectivity index is 2.42. The van der Waals surface area contributed by atoms with Crippen molar-refractivity contribution in [3.8, 4) is 0 Å². The van der Waals surface area contributed by atoms with Crippen LogP contribution in [0.15, 0.2) is 0 Å². The van der Waals surface area contributed by atoms with E-state index in [0.29, 0.717) is 12.0 Å². The molecule has 0 aliphatic carbocycles. The van der Waals surface area contributed by atoms with E-state index in [-0.39, 0.29) is 6.04 Å². The number of hydrogen-bond acceptors (Lipinski definition) is 3. The van der Waals surface area contributed by atoms with Gasteiger partial charge in [0, 0.05) is 18.7 Å². The van der Waals surface area contributed by atoms with Crippen molar-refractivity contribution >= 4 is 0 Å². The highest BCUT2D eigenvalue weighted by molar-refractivity contribution is 4.86. The molecule has 3 unspecified atom stereocenters. The van der Waals surface area contributed by atoms with Gasteiger partial charge < -0.3 is 15.2 Å². The molecule has 0 saturated carbocycles. The van der Waals surface area contributed by atoms with E-state index in [1.54, 1.807) is 0 Å². The van der Waals surface area contributed by atoms with Gasteiger partial charge in [0.15, 0.2) is 0 Å². The molecule has 0 spiro atoms. The summed E-state index contributed by atoms with van der Waals surface area (Å²) in [5.41, 5.74) is -0.655. The SMILES string of the molecule is CC1COCCC1NC(C)C(C)(C)O. The first-order valence-corrected chi connectivity index (χ1v) is 5.47. The van der Waals surface area contributed by atoms with Crippen LogP contribution in [0.25, 0.3) is 0 Å². The molecule has 0 amide bonds. The molecule has 1 heterocycles. The van der Waals surface area contributed by atoms with Crippen molar-refractivity contribution in [1.82, 2.24) is 5.32 Å². The summed E-state index contributed by atoms with van der Waals surface area (Å²) in [6.07, 6.45) is 1.04. The highest BCUT2D eigenvalue weighted by Gasteiger charge is 2.28. The second-order valence-corrected chi connectivity index (χ2v) is 4.99. The molecule has 3 nitrogen and oxygen atoms in total. The first kappa shape index (κ1) is 12.0. The average molecular weight is 201 g/mol. The lowest BCUT2D eigenvalue weighted by Crippen LogP contribution is -2.52. The largest absolute Gasteiger partial charge is 0.389 e. The summed E-state index contributed by atoms with van der Waals surface area (Å²) >= 11 is 0. The third kappa shape index (κ3) is 3.23. The Kier molecular flexibility index (Phi) is 3.93. The maximum absolute atomic E-state index is 9.81. The van der Waals surface area contributed by atoms with E-state index in [1.165, 1.54) is 0 Å². The number of hydrogen-bond donors (Lipinski definition) is 2. The van der Waals surface area contributed by atoms with Gasteiger partial charge in [-0.05, 0) is 33.1 Å². The standard InChI is InChI=1S/C11H23NO2/c1-8-7-14-6-5-10(8)12-9(2)11(3,4)13/h8-10,12-13H,5-7H2,1-4H3. The lowest BCUT2D eigenvalue weighted by Gasteiger charge is -2.36. The second-order valence-electron chi connectivity index (χ2n) is 4.99. The Morgan fingerprint density at radius 1 is 1.50 bits per heavy atom. The number of ether oxygens (including phenoxy) is 1. The van der Waals surface area contributed by atoms with Gasteiger partial charge in [0.05, 0.1) is 12.2 Å². The average Bonchev–Trinajstić information content (AvgIpc) is 2.07. The highest BCUT2D eigenvalue weighted by atomic mass is 16.5. The Morgan fingerprint density at radius 3 is 2.64 bits per heavy atom. The summed E-state index contributed by atoms with van der Waals surface area (Å²) < 4.78 is 5.38. The molecule has 0 aromatic rings. The number of nitrogens with one attached hydrogen (secondary N) is 1. The molecule has 1 aliphatic rings. The Morgan fingerprint density at radius 2 is 2.14 bits per heavy atom. The van der Waals surface area contributed by atoms with Crippen LogP contribution in [0.3, 0.4) is 0 Å². The first-order chi connectivity index (χ1) is 6.41. The molecule has 14 heavy (non-hydrogen) atoms. The van der Waals surface area contributed by atoms with Gasteiger partial charge in [-0.25, -0.2) is 0 Å². The Bertz CT molecular complexity index is 177. The maximum Gasteiger partial charge on any atom is 0.0741 e. The molecule has 84 valence electrons. The zero-order valence-electron chi connectivity index (χ0n) is 9.71. The predicted octanol–water partition coefficient (Wildman–Crippen LogP) is 1.16. The summed E-state index contributed by atoms with van der Waals surface area (Å²) in [6, 6.07) is 0.596. The van der Waals surface area contributed by atoms with Gasteiger partial charge in [0.1, 0.15) is 0 Å². The fourth-order valence-corrected chi connectivity index (χ4v) is 1.65. The lowest BCUT2D eigenvalue weighted by molar-refractivity contribution is 0.00578. The zero-order valence-corrected chi connectivity index (χ0v) is 9.71. The summed E-state index contributed by atoms with van der Waals surface area (Å²) in [7, 11) is 0. The van der Waals surface area contributed by atoms with Crippen LogP contribution < -0.4 is 5.32 Å². The second kappa shape index (κ2) is 4.60. The van der Waals surface area contributed by atoms with Gasteiger partial charge in [-0.15, -0.1) is 0 Å². The smallest absolute Gasteiger partial charge is 0.0741 e. The molecule has 1 saturated heterocycles.